The fraction of sp³-hybridized carbons (Fsp3) is 0. The van der Waals surface area contributed by atoms with Gasteiger partial charge in [0.05, 0.1) is 12.5 Å². The minimum Gasteiger partial charge on any atom is -0.465 e. The van der Waals surface area contributed by atoms with Crippen molar-refractivity contribution in [3.63, 3.8) is 0 Å². The summed E-state index contributed by atoms with van der Waals surface area (Å²) >= 11 is 0. The molecule has 2 heterocycles. The monoisotopic (exact) mass is 274 g/mol. The van der Waals surface area contributed by atoms with Crippen LogP contribution >= 0.6 is 0 Å². The van der Waals surface area contributed by atoms with Crippen LogP contribution in [-0.4, -0.2) is 11.9 Å². The van der Waals surface area contributed by atoms with Gasteiger partial charge in [-0.15, -0.1) is 0 Å². The zero-order valence-electron chi connectivity index (χ0n) is 10.2. The molecule has 20 heavy (non-hydrogen) atoms. The van der Waals surface area contributed by atoms with Crippen molar-refractivity contribution in [3.8, 4) is 0 Å². The van der Waals surface area contributed by atoms with Gasteiger partial charge < -0.3 is 8.83 Å². The van der Waals surface area contributed by atoms with E-state index in [1.165, 1.54) is 24.7 Å². The molecule has 0 aromatic carbocycles. The number of hydrogen-bond donors (Lipinski definition) is 0. The summed E-state index contributed by atoms with van der Waals surface area (Å²) in [5.74, 6) is -0.709. The number of hydrogen-bond acceptors (Lipinski definition) is 6. The van der Waals surface area contributed by atoms with E-state index in [2.05, 4.69) is 9.78 Å². The van der Waals surface area contributed by atoms with Crippen molar-refractivity contribution < 1.29 is 28.2 Å². The Balaban J connectivity index is 1.74. The average Bonchev–Trinajstić information content (AvgIpc) is 3.13. The standard InChI is InChI=1S/C14H10O6/c15-13(7-5-11-3-1-9-17-11)19-20-14(16)8-6-12-4-2-10-18-12/h1-10H. The lowest BCUT2D eigenvalue weighted by molar-refractivity contribution is -0.250. The van der Waals surface area contributed by atoms with Gasteiger partial charge in [0.2, 0.25) is 0 Å². The maximum atomic E-state index is 11.2. The molecule has 0 bridgehead atoms. The summed E-state index contributed by atoms with van der Waals surface area (Å²) in [5.41, 5.74) is 0. The summed E-state index contributed by atoms with van der Waals surface area (Å²) in [6.45, 7) is 0. The van der Waals surface area contributed by atoms with Gasteiger partial charge in [0.1, 0.15) is 11.5 Å². The summed E-state index contributed by atoms with van der Waals surface area (Å²) in [6.07, 6.45) is 7.84. The third-order valence-electron chi connectivity index (χ3n) is 2.06. The van der Waals surface area contributed by atoms with E-state index in [0.29, 0.717) is 11.5 Å². The molecule has 0 fully saturated rings. The van der Waals surface area contributed by atoms with Crippen LogP contribution in [0.3, 0.4) is 0 Å². The van der Waals surface area contributed by atoms with Crippen molar-refractivity contribution in [3.05, 3.63) is 60.5 Å². The Morgan fingerprint density at radius 1 is 0.850 bits per heavy atom. The largest absolute Gasteiger partial charge is 0.465 e. The molecule has 2 aromatic heterocycles. The molecule has 6 heteroatoms. The first-order valence-corrected chi connectivity index (χ1v) is 5.59. The van der Waals surface area contributed by atoms with E-state index < -0.39 is 11.9 Å². The third kappa shape index (κ3) is 4.34. The Kier molecular flexibility index (Phi) is 4.55. The van der Waals surface area contributed by atoms with E-state index in [1.807, 2.05) is 0 Å². The lowest BCUT2D eigenvalue weighted by Gasteiger charge is -1.96. The average molecular weight is 274 g/mol. The summed E-state index contributed by atoms with van der Waals surface area (Å²) < 4.78 is 9.93. The molecule has 0 aliphatic heterocycles. The number of furan rings is 2. The first-order valence-electron chi connectivity index (χ1n) is 5.59. The summed E-state index contributed by atoms with van der Waals surface area (Å²) in [5, 5.41) is 0. The second kappa shape index (κ2) is 6.79. The van der Waals surface area contributed by atoms with Gasteiger partial charge in [0.15, 0.2) is 0 Å². The molecule has 0 N–H and O–H groups in total. The van der Waals surface area contributed by atoms with Gasteiger partial charge in [-0.25, -0.2) is 19.4 Å². The van der Waals surface area contributed by atoms with Crippen molar-refractivity contribution in [1.82, 2.24) is 0 Å². The van der Waals surface area contributed by atoms with E-state index >= 15 is 0 Å². The highest BCUT2D eigenvalue weighted by Gasteiger charge is 2.04. The summed E-state index contributed by atoms with van der Waals surface area (Å²) in [4.78, 5) is 31.0. The summed E-state index contributed by atoms with van der Waals surface area (Å²) in [6, 6.07) is 6.65. The van der Waals surface area contributed by atoms with Gasteiger partial charge in [-0.1, -0.05) is 0 Å². The van der Waals surface area contributed by atoms with E-state index in [9.17, 15) is 9.59 Å². The smallest absolute Gasteiger partial charge is 0.379 e. The molecule has 2 rings (SSSR count). The fourth-order valence-corrected chi connectivity index (χ4v) is 1.21. The fourth-order valence-electron chi connectivity index (χ4n) is 1.21. The number of carbonyl (C=O) groups is 2. The van der Waals surface area contributed by atoms with Gasteiger partial charge in [-0.2, -0.15) is 0 Å². The molecule has 0 aliphatic rings. The van der Waals surface area contributed by atoms with Crippen LogP contribution in [0.2, 0.25) is 0 Å². The lowest BCUT2D eigenvalue weighted by Crippen LogP contribution is -2.06. The molecule has 0 amide bonds. The second-order valence-electron chi connectivity index (χ2n) is 3.50. The van der Waals surface area contributed by atoms with Gasteiger partial charge >= 0.3 is 11.9 Å². The van der Waals surface area contributed by atoms with Crippen LogP contribution in [0.4, 0.5) is 0 Å². The normalized spacial score (nSPS) is 11.0. The first kappa shape index (κ1) is 13.4. The quantitative estimate of drug-likeness (QED) is 0.484. The Bertz CT molecular complexity index is 548. The predicted octanol–water partition coefficient (Wildman–Crippen LogP) is 2.60. The van der Waals surface area contributed by atoms with Crippen LogP contribution < -0.4 is 0 Å². The predicted molar refractivity (Wildman–Crippen MR) is 67.7 cm³/mol. The highest BCUT2D eigenvalue weighted by Crippen LogP contribution is 2.03. The first-order chi connectivity index (χ1) is 9.74. The molecule has 0 radical (unpaired) electrons. The van der Waals surface area contributed by atoms with E-state index in [1.54, 1.807) is 24.3 Å². The van der Waals surface area contributed by atoms with Gasteiger partial charge in [-0.3, -0.25) is 0 Å². The maximum absolute atomic E-state index is 11.2. The van der Waals surface area contributed by atoms with Gasteiger partial charge in [0.25, 0.3) is 0 Å². The van der Waals surface area contributed by atoms with Crippen LogP contribution in [-0.2, 0) is 19.4 Å². The molecule has 6 nitrogen and oxygen atoms in total. The molecule has 0 spiro atoms. The maximum Gasteiger partial charge on any atom is 0.379 e. The molecule has 0 unspecified atom stereocenters. The van der Waals surface area contributed by atoms with E-state index in [4.69, 9.17) is 8.83 Å². The Labute approximate surface area is 113 Å². The van der Waals surface area contributed by atoms with Crippen LogP contribution in [0.5, 0.6) is 0 Å². The lowest BCUT2D eigenvalue weighted by atomic mass is 10.4. The second-order valence-corrected chi connectivity index (χ2v) is 3.50. The van der Waals surface area contributed by atoms with Crippen molar-refractivity contribution in [1.29, 1.82) is 0 Å². The minimum atomic E-state index is -0.832. The SMILES string of the molecule is O=C(C=Cc1ccco1)OOC(=O)C=Cc1ccco1. The van der Waals surface area contributed by atoms with Crippen LogP contribution in [0.1, 0.15) is 11.5 Å². The molecule has 0 atom stereocenters. The molecule has 0 aliphatic carbocycles. The van der Waals surface area contributed by atoms with E-state index in [-0.39, 0.29) is 0 Å². The zero-order chi connectivity index (χ0) is 14.2. The van der Waals surface area contributed by atoms with Gasteiger partial charge in [-0.05, 0) is 36.4 Å². The zero-order valence-corrected chi connectivity index (χ0v) is 10.2. The highest BCUT2D eigenvalue weighted by atomic mass is 17.2. The van der Waals surface area contributed by atoms with E-state index in [0.717, 1.165) is 12.2 Å². The molecule has 102 valence electrons. The van der Waals surface area contributed by atoms with Crippen molar-refractivity contribution in [2.45, 2.75) is 0 Å². The summed E-state index contributed by atoms with van der Waals surface area (Å²) in [7, 11) is 0. The molecule has 0 saturated carbocycles. The Hall–Kier alpha value is -3.02. The number of carbonyl (C=O) groups excluding carboxylic acids is 2. The Morgan fingerprint density at radius 2 is 1.30 bits per heavy atom. The molecular weight excluding hydrogens is 264 g/mol. The molecule has 2 aromatic rings. The topological polar surface area (TPSA) is 78.9 Å². The third-order valence-corrected chi connectivity index (χ3v) is 2.06. The molecule has 0 saturated heterocycles. The van der Waals surface area contributed by atoms with Crippen molar-refractivity contribution >= 4 is 24.1 Å². The Morgan fingerprint density at radius 3 is 1.65 bits per heavy atom. The van der Waals surface area contributed by atoms with Crippen LogP contribution in [0, 0.1) is 0 Å². The van der Waals surface area contributed by atoms with Gasteiger partial charge in [0, 0.05) is 12.2 Å². The van der Waals surface area contributed by atoms with Crippen molar-refractivity contribution in [2.24, 2.45) is 0 Å². The highest BCUT2D eigenvalue weighted by molar-refractivity contribution is 5.89. The molecular formula is C14H10O6. The van der Waals surface area contributed by atoms with Crippen LogP contribution in [0.15, 0.2) is 57.8 Å². The van der Waals surface area contributed by atoms with Crippen LogP contribution in [0.25, 0.3) is 12.2 Å². The van der Waals surface area contributed by atoms with Crippen molar-refractivity contribution in [2.75, 3.05) is 0 Å². The minimum absolute atomic E-state index is 0.478. The number of rotatable bonds is 4.